The maximum absolute atomic E-state index is 13.4. The summed E-state index contributed by atoms with van der Waals surface area (Å²) < 4.78 is 13.4. The molecule has 1 amide bonds. The van der Waals surface area contributed by atoms with Crippen LogP contribution in [0.15, 0.2) is 36.4 Å². The van der Waals surface area contributed by atoms with Crippen LogP contribution in [0.2, 0.25) is 0 Å². The van der Waals surface area contributed by atoms with Gasteiger partial charge in [-0.05, 0) is 55.0 Å². The van der Waals surface area contributed by atoms with E-state index in [1.54, 1.807) is 18.2 Å². The highest BCUT2D eigenvalue weighted by Crippen LogP contribution is 2.25. The van der Waals surface area contributed by atoms with Crippen molar-refractivity contribution in [3.63, 3.8) is 0 Å². The van der Waals surface area contributed by atoms with Crippen molar-refractivity contribution in [2.45, 2.75) is 26.2 Å². The van der Waals surface area contributed by atoms with Crippen molar-refractivity contribution < 1.29 is 9.18 Å². The molecule has 1 heterocycles. The van der Waals surface area contributed by atoms with E-state index in [9.17, 15) is 9.18 Å². The summed E-state index contributed by atoms with van der Waals surface area (Å²) in [4.78, 5) is 11.3. The Labute approximate surface area is 144 Å². The Morgan fingerprint density at radius 1 is 1.12 bits per heavy atom. The molecule has 3 rings (SSSR count). The number of carbonyl (C=O) groups is 1. The number of primary amides is 1. The molecule has 128 valence electrons. The van der Waals surface area contributed by atoms with Gasteiger partial charge >= 0.3 is 0 Å². The van der Waals surface area contributed by atoms with E-state index in [4.69, 9.17) is 11.5 Å². The topological polar surface area (TPSA) is 94.9 Å². The molecule has 0 atom stereocenters. The number of halogens is 1. The zero-order chi connectivity index (χ0) is 18.0. The third-order valence-corrected chi connectivity index (χ3v) is 4.35. The summed E-state index contributed by atoms with van der Waals surface area (Å²) in [7, 11) is 0. The predicted molar refractivity (Wildman–Crippen MR) is 95.6 cm³/mol. The Kier molecular flexibility index (Phi) is 4.61. The van der Waals surface area contributed by atoms with Crippen LogP contribution in [0.25, 0.3) is 10.9 Å². The number of anilines is 1. The number of aromatic nitrogens is 2. The lowest BCUT2D eigenvalue weighted by molar-refractivity contribution is 0.0996. The van der Waals surface area contributed by atoms with Gasteiger partial charge in [-0.2, -0.15) is 0 Å². The van der Waals surface area contributed by atoms with Gasteiger partial charge in [-0.1, -0.05) is 24.3 Å². The highest BCUT2D eigenvalue weighted by atomic mass is 19.1. The van der Waals surface area contributed by atoms with Crippen LogP contribution in [0.1, 0.15) is 33.6 Å². The highest BCUT2D eigenvalue weighted by Gasteiger charge is 2.14. The predicted octanol–water partition coefficient (Wildman–Crippen LogP) is 2.93. The minimum Gasteiger partial charge on any atom is -0.396 e. The van der Waals surface area contributed by atoms with Crippen LogP contribution in [0.3, 0.4) is 0 Å². The number of hydrogen-bond donors (Lipinski definition) is 2. The average Bonchev–Trinajstić information content (AvgIpc) is 2.58. The van der Waals surface area contributed by atoms with E-state index >= 15 is 0 Å². The lowest BCUT2D eigenvalue weighted by Gasteiger charge is -2.10. The molecular weight excluding hydrogens is 319 g/mol. The molecule has 1 aromatic heterocycles. The molecule has 5 nitrogen and oxygen atoms in total. The van der Waals surface area contributed by atoms with E-state index in [0.29, 0.717) is 10.9 Å². The van der Waals surface area contributed by atoms with Crippen molar-refractivity contribution in [1.82, 2.24) is 10.2 Å². The molecule has 25 heavy (non-hydrogen) atoms. The standard InChI is InChI=1S/C19H19FN4O/c1-11-8-9-14(20)10-13(11)6-2-4-12-5-3-7-15-16(21)18(19(22)25)24-23-17(12)15/h3,5,7-10H,2,4,6H2,1H3,(H2,21,23)(H2,22,25). The Morgan fingerprint density at radius 3 is 2.64 bits per heavy atom. The Bertz CT molecular complexity index is 956. The Balaban J connectivity index is 1.83. The largest absolute Gasteiger partial charge is 0.396 e. The van der Waals surface area contributed by atoms with Gasteiger partial charge in [0.25, 0.3) is 5.91 Å². The van der Waals surface area contributed by atoms with Crippen LogP contribution >= 0.6 is 0 Å². The van der Waals surface area contributed by atoms with Crippen LogP contribution in [0.4, 0.5) is 10.1 Å². The van der Waals surface area contributed by atoms with Crippen molar-refractivity contribution in [3.05, 3.63) is 64.6 Å². The fourth-order valence-electron chi connectivity index (χ4n) is 2.97. The maximum atomic E-state index is 13.4. The average molecular weight is 338 g/mol. The number of aryl methyl sites for hydroxylation is 3. The van der Waals surface area contributed by atoms with Crippen molar-refractivity contribution in [1.29, 1.82) is 0 Å². The Hall–Kier alpha value is -3.02. The quantitative estimate of drug-likeness (QED) is 0.748. The number of nitrogen functional groups attached to an aromatic ring is 1. The number of hydrogen-bond acceptors (Lipinski definition) is 4. The normalized spacial score (nSPS) is 11.0. The molecule has 0 aliphatic rings. The SMILES string of the molecule is Cc1ccc(F)cc1CCCc1cccc2c(N)c(C(N)=O)nnc12. The van der Waals surface area contributed by atoms with Crippen molar-refractivity contribution in [2.75, 3.05) is 5.73 Å². The molecule has 0 aliphatic carbocycles. The molecule has 3 aromatic rings. The molecule has 0 saturated carbocycles. The molecule has 0 bridgehead atoms. The number of nitrogens with two attached hydrogens (primary N) is 2. The summed E-state index contributed by atoms with van der Waals surface area (Å²) in [5, 5.41) is 8.66. The number of benzene rings is 2. The summed E-state index contributed by atoms with van der Waals surface area (Å²) in [6.07, 6.45) is 2.35. The van der Waals surface area contributed by atoms with Crippen LogP contribution < -0.4 is 11.5 Å². The van der Waals surface area contributed by atoms with Crippen molar-refractivity contribution in [3.8, 4) is 0 Å². The lowest BCUT2D eigenvalue weighted by Crippen LogP contribution is -2.17. The first-order valence-corrected chi connectivity index (χ1v) is 8.06. The number of carbonyl (C=O) groups excluding carboxylic acids is 1. The molecule has 0 fully saturated rings. The van der Waals surface area contributed by atoms with Gasteiger partial charge in [-0.15, -0.1) is 10.2 Å². The second-order valence-electron chi connectivity index (χ2n) is 6.06. The van der Waals surface area contributed by atoms with Crippen molar-refractivity contribution in [2.24, 2.45) is 5.73 Å². The molecule has 0 radical (unpaired) electrons. The number of nitrogens with zero attached hydrogens (tertiary/aromatic N) is 2. The fourth-order valence-corrected chi connectivity index (χ4v) is 2.97. The Morgan fingerprint density at radius 2 is 1.88 bits per heavy atom. The maximum Gasteiger partial charge on any atom is 0.271 e. The van der Waals surface area contributed by atoms with Gasteiger partial charge in [0, 0.05) is 5.39 Å². The molecule has 0 saturated heterocycles. The monoisotopic (exact) mass is 338 g/mol. The van der Waals surface area contributed by atoms with Crippen LogP contribution in [-0.2, 0) is 12.8 Å². The van der Waals surface area contributed by atoms with Crippen LogP contribution in [0, 0.1) is 12.7 Å². The molecule has 0 unspecified atom stereocenters. The van der Waals surface area contributed by atoms with Gasteiger partial charge in [-0.3, -0.25) is 4.79 Å². The second kappa shape index (κ2) is 6.84. The van der Waals surface area contributed by atoms with Crippen LogP contribution in [0.5, 0.6) is 0 Å². The second-order valence-corrected chi connectivity index (χ2v) is 6.06. The summed E-state index contributed by atoms with van der Waals surface area (Å²) in [6.45, 7) is 1.98. The third kappa shape index (κ3) is 3.42. The molecule has 4 N–H and O–H groups in total. The number of amides is 1. The minimum absolute atomic E-state index is 0.0139. The minimum atomic E-state index is -0.695. The zero-order valence-corrected chi connectivity index (χ0v) is 13.9. The summed E-state index contributed by atoms with van der Waals surface area (Å²) in [5.74, 6) is -0.915. The summed E-state index contributed by atoms with van der Waals surface area (Å²) >= 11 is 0. The highest BCUT2D eigenvalue weighted by molar-refractivity contribution is 6.04. The molecule has 2 aromatic carbocycles. The molecule has 0 aliphatic heterocycles. The van der Waals surface area contributed by atoms with Gasteiger partial charge in [0.1, 0.15) is 5.82 Å². The van der Waals surface area contributed by atoms with E-state index < -0.39 is 5.91 Å². The number of rotatable bonds is 5. The first-order valence-electron chi connectivity index (χ1n) is 8.06. The van der Waals surface area contributed by atoms with Gasteiger partial charge in [-0.25, -0.2) is 4.39 Å². The third-order valence-electron chi connectivity index (χ3n) is 4.35. The fraction of sp³-hybridized carbons (Fsp3) is 0.211. The number of fused-ring (bicyclic) bond motifs is 1. The first-order chi connectivity index (χ1) is 12.0. The lowest BCUT2D eigenvalue weighted by atomic mass is 9.99. The molecule has 0 spiro atoms. The van der Waals surface area contributed by atoms with Gasteiger partial charge in [0.15, 0.2) is 5.69 Å². The molecule has 6 heteroatoms. The van der Waals surface area contributed by atoms with Gasteiger partial charge in [0.05, 0.1) is 11.2 Å². The van der Waals surface area contributed by atoms with Crippen LogP contribution in [-0.4, -0.2) is 16.1 Å². The smallest absolute Gasteiger partial charge is 0.271 e. The van der Waals surface area contributed by atoms with E-state index in [1.807, 2.05) is 19.1 Å². The van der Waals surface area contributed by atoms with E-state index in [-0.39, 0.29) is 17.2 Å². The first kappa shape index (κ1) is 16.8. The van der Waals surface area contributed by atoms with Crippen molar-refractivity contribution >= 4 is 22.5 Å². The van der Waals surface area contributed by atoms with E-state index in [0.717, 1.165) is 36.0 Å². The zero-order valence-electron chi connectivity index (χ0n) is 13.9. The van der Waals surface area contributed by atoms with E-state index in [1.165, 1.54) is 6.07 Å². The van der Waals surface area contributed by atoms with Gasteiger partial charge < -0.3 is 11.5 Å². The molecular formula is C19H19FN4O. The summed E-state index contributed by atoms with van der Waals surface area (Å²) in [5.41, 5.74) is 15.2. The van der Waals surface area contributed by atoms with E-state index in [2.05, 4.69) is 10.2 Å². The van der Waals surface area contributed by atoms with Gasteiger partial charge in [0.2, 0.25) is 0 Å². The summed E-state index contributed by atoms with van der Waals surface area (Å²) in [6, 6.07) is 10.5.